The zero-order valence-corrected chi connectivity index (χ0v) is 11.9. The first-order valence-corrected chi connectivity index (χ1v) is 6.49. The largest absolute Gasteiger partial charge is 0.497 e. The summed E-state index contributed by atoms with van der Waals surface area (Å²) in [6.07, 6.45) is 3.79. The fourth-order valence-electron chi connectivity index (χ4n) is 2.23. The Morgan fingerprint density at radius 2 is 1.84 bits per heavy atom. The number of rotatable bonds is 5. The van der Waals surface area contributed by atoms with Crippen molar-refractivity contribution >= 4 is 0 Å². The second kappa shape index (κ2) is 5.89. The second-order valence-corrected chi connectivity index (χ2v) is 4.78. The quantitative estimate of drug-likeness (QED) is 0.897. The van der Waals surface area contributed by atoms with Crippen LogP contribution in [0.5, 0.6) is 5.75 Å². The molecule has 0 saturated carbocycles. The van der Waals surface area contributed by atoms with Gasteiger partial charge in [-0.3, -0.25) is 0 Å². The third kappa shape index (κ3) is 3.15. The summed E-state index contributed by atoms with van der Waals surface area (Å²) in [5.41, 5.74) is 1.24. The lowest BCUT2D eigenvalue weighted by Crippen LogP contribution is -2.24. The zero-order chi connectivity index (χ0) is 13.8. The van der Waals surface area contributed by atoms with E-state index in [1.54, 1.807) is 7.11 Å². The van der Waals surface area contributed by atoms with E-state index in [9.17, 15) is 0 Å². The van der Waals surface area contributed by atoms with Gasteiger partial charge in [0, 0.05) is 25.5 Å². The van der Waals surface area contributed by atoms with Gasteiger partial charge in [0.05, 0.1) is 13.2 Å². The van der Waals surface area contributed by atoms with Gasteiger partial charge in [0.2, 0.25) is 0 Å². The maximum Gasteiger partial charge on any atom is 0.125 e. The highest BCUT2D eigenvalue weighted by Gasteiger charge is 2.14. The third-order valence-corrected chi connectivity index (χ3v) is 3.36. The fraction of sp³-hybridized carbons (Fsp3) is 0.400. The van der Waals surface area contributed by atoms with E-state index in [1.165, 1.54) is 5.56 Å². The van der Waals surface area contributed by atoms with Gasteiger partial charge in [0.25, 0.3) is 0 Å². The molecular weight excluding hydrogens is 238 g/mol. The number of benzene rings is 1. The van der Waals surface area contributed by atoms with E-state index in [1.807, 2.05) is 36.1 Å². The Labute approximate surface area is 114 Å². The van der Waals surface area contributed by atoms with Gasteiger partial charge in [-0.15, -0.1) is 0 Å². The highest BCUT2D eigenvalue weighted by molar-refractivity contribution is 5.28. The molecule has 2 aromatic rings. The molecule has 1 heterocycles. The summed E-state index contributed by atoms with van der Waals surface area (Å²) in [5, 5.41) is 3.55. The minimum atomic E-state index is 0.206. The van der Waals surface area contributed by atoms with Gasteiger partial charge in [-0.1, -0.05) is 12.1 Å². The average molecular weight is 259 g/mol. The van der Waals surface area contributed by atoms with Gasteiger partial charge >= 0.3 is 0 Å². The molecule has 1 aromatic heterocycles. The molecule has 0 aliphatic heterocycles. The topological polar surface area (TPSA) is 39.1 Å². The van der Waals surface area contributed by atoms with Crippen LogP contribution in [0.3, 0.4) is 0 Å². The van der Waals surface area contributed by atoms with Crippen molar-refractivity contribution in [3.05, 3.63) is 48.0 Å². The number of aromatic nitrogens is 2. The summed E-state index contributed by atoms with van der Waals surface area (Å²) >= 11 is 0. The van der Waals surface area contributed by atoms with Crippen molar-refractivity contribution < 1.29 is 4.74 Å². The van der Waals surface area contributed by atoms with Crippen LogP contribution in [0.2, 0.25) is 0 Å². The van der Waals surface area contributed by atoms with Gasteiger partial charge < -0.3 is 14.6 Å². The van der Waals surface area contributed by atoms with Crippen LogP contribution in [0.25, 0.3) is 0 Å². The molecule has 0 fully saturated rings. The van der Waals surface area contributed by atoms with Crippen LogP contribution >= 0.6 is 0 Å². The monoisotopic (exact) mass is 259 g/mol. The molecule has 19 heavy (non-hydrogen) atoms. The van der Waals surface area contributed by atoms with Crippen LogP contribution in [0.1, 0.15) is 37.3 Å². The molecule has 2 rings (SSSR count). The van der Waals surface area contributed by atoms with Crippen LogP contribution < -0.4 is 10.1 Å². The normalized spacial score (nSPS) is 14.1. The molecule has 0 aliphatic carbocycles. The van der Waals surface area contributed by atoms with Crippen LogP contribution in [-0.2, 0) is 7.05 Å². The zero-order valence-electron chi connectivity index (χ0n) is 11.9. The van der Waals surface area contributed by atoms with Crippen LogP contribution in [0.15, 0.2) is 36.7 Å². The number of methoxy groups -OCH3 is 1. The van der Waals surface area contributed by atoms with Crippen molar-refractivity contribution in [1.82, 2.24) is 14.9 Å². The number of aryl methyl sites for hydroxylation is 1. The summed E-state index contributed by atoms with van der Waals surface area (Å²) in [6.45, 7) is 4.28. The van der Waals surface area contributed by atoms with Crippen LogP contribution in [0.4, 0.5) is 0 Å². The molecule has 0 aliphatic rings. The molecule has 1 N–H and O–H groups in total. The lowest BCUT2D eigenvalue weighted by atomic mass is 10.1. The van der Waals surface area contributed by atoms with Crippen molar-refractivity contribution in [1.29, 1.82) is 0 Å². The van der Waals surface area contributed by atoms with E-state index in [2.05, 4.69) is 36.3 Å². The Morgan fingerprint density at radius 3 is 2.37 bits per heavy atom. The minimum Gasteiger partial charge on any atom is -0.497 e. The number of imidazole rings is 1. The summed E-state index contributed by atoms with van der Waals surface area (Å²) in [7, 11) is 3.69. The third-order valence-electron chi connectivity index (χ3n) is 3.36. The first-order valence-electron chi connectivity index (χ1n) is 6.49. The first kappa shape index (κ1) is 13.6. The molecule has 0 amide bonds. The molecule has 1 aromatic carbocycles. The molecule has 0 bridgehead atoms. The molecule has 0 spiro atoms. The highest BCUT2D eigenvalue weighted by atomic mass is 16.5. The second-order valence-electron chi connectivity index (χ2n) is 4.78. The van der Waals surface area contributed by atoms with Crippen molar-refractivity contribution in [2.75, 3.05) is 7.11 Å². The maximum atomic E-state index is 5.17. The molecule has 0 saturated heterocycles. The standard InChI is InChI=1S/C15H21N3O/c1-11(13-5-7-14(19-4)8-6-13)17-12(2)15-16-9-10-18(15)3/h5-12,17H,1-4H3/t11-,12?/m1/s1. The minimum absolute atomic E-state index is 0.206. The van der Waals surface area contributed by atoms with Crippen molar-refractivity contribution in [3.63, 3.8) is 0 Å². The lowest BCUT2D eigenvalue weighted by molar-refractivity contribution is 0.414. The van der Waals surface area contributed by atoms with Gasteiger partial charge in [-0.25, -0.2) is 4.98 Å². The van der Waals surface area contributed by atoms with E-state index in [0.29, 0.717) is 0 Å². The Hall–Kier alpha value is -1.81. The van der Waals surface area contributed by atoms with Crippen LogP contribution in [0, 0.1) is 0 Å². The Kier molecular flexibility index (Phi) is 4.22. The molecule has 2 atom stereocenters. The smallest absolute Gasteiger partial charge is 0.125 e. The summed E-state index contributed by atoms with van der Waals surface area (Å²) < 4.78 is 7.21. The molecule has 102 valence electrons. The fourth-order valence-corrected chi connectivity index (χ4v) is 2.23. The molecule has 0 radical (unpaired) electrons. The van der Waals surface area contributed by atoms with E-state index < -0.39 is 0 Å². The Bertz CT molecular complexity index is 518. The van der Waals surface area contributed by atoms with Crippen molar-refractivity contribution in [3.8, 4) is 5.75 Å². The van der Waals surface area contributed by atoms with Crippen LogP contribution in [-0.4, -0.2) is 16.7 Å². The summed E-state index contributed by atoms with van der Waals surface area (Å²) in [6, 6.07) is 8.61. The number of ether oxygens (including phenoxy) is 1. The number of hydrogen-bond donors (Lipinski definition) is 1. The molecule has 4 heteroatoms. The van der Waals surface area contributed by atoms with Gasteiger partial charge in [0.15, 0.2) is 0 Å². The average Bonchev–Trinajstić information content (AvgIpc) is 2.85. The maximum absolute atomic E-state index is 5.17. The van der Waals surface area contributed by atoms with E-state index in [4.69, 9.17) is 4.74 Å². The van der Waals surface area contributed by atoms with E-state index in [-0.39, 0.29) is 12.1 Å². The predicted octanol–water partition coefficient (Wildman–Crippen LogP) is 2.84. The number of hydrogen-bond acceptors (Lipinski definition) is 3. The number of nitrogens with zero attached hydrogens (tertiary/aromatic N) is 2. The first-order chi connectivity index (χ1) is 9.11. The van der Waals surface area contributed by atoms with Gasteiger partial charge in [-0.2, -0.15) is 0 Å². The van der Waals surface area contributed by atoms with E-state index >= 15 is 0 Å². The summed E-state index contributed by atoms with van der Waals surface area (Å²) in [5.74, 6) is 1.92. The predicted molar refractivity (Wildman–Crippen MR) is 76.2 cm³/mol. The highest BCUT2D eigenvalue weighted by Crippen LogP contribution is 2.20. The van der Waals surface area contributed by atoms with Gasteiger partial charge in [-0.05, 0) is 31.5 Å². The van der Waals surface area contributed by atoms with Crippen molar-refractivity contribution in [2.45, 2.75) is 25.9 Å². The Morgan fingerprint density at radius 1 is 1.16 bits per heavy atom. The number of nitrogens with one attached hydrogen (secondary N) is 1. The Balaban J connectivity index is 2.04. The lowest BCUT2D eigenvalue weighted by Gasteiger charge is -2.20. The van der Waals surface area contributed by atoms with Crippen molar-refractivity contribution in [2.24, 2.45) is 7.05 Å². The SMILES string of the molecule is COc1ccc([C@@H](C)NC(C)c2nccn2C)cc1. The van der Waals surface area contributed by atoms with E-state index in [0.717, 1.165) is 11.6 Å². The van der Waals surface area contributed by atoms with Gasteiger partial charge in [0.1, 0.15) is 11.6 Å². The molecular formula is C15H21N3O. The molecule has 1 unspecified atom stereocenters. The summed E-state index contributed by atoms with van der Waals surface area (Å²) in [4.78, 5) is 4.37. The molecule has 4 nitrogen and oxygen atoms in total.